The lowest BCUT2D eigenvalue weighted by molar-refractivity contribution is 0.000394. The largest absolute Gasteiger partial charge is 0.481 e. The van der Waals surface area contributed by atoms with Gasteiger partial charge in [-0.25, -0.2) is 9.37 Å². The average Bonchev–Trinajstić information content (AvgIpc) is 2.82. The lowest BCUT2D eigenvalue weighted by Crippen LogP contribution is -2.36. The van der Waals surface area contributed by atoms with Gasteiger partial charge >= 0.3 is 0 Å². The van der Waals surface area contributed by atoms with Crippen LogP contribution in [0.15, 0.2) is 83.3 Å². The summed E-state index contributed by atoms with van der Waals surface area (Å²) in [4.78, 5) is 6.70. The predicted molar refractivity (Wildman–Crippen MR) is 137 cm³/mol. The van der Waals surface area contributed by atoms with Crippen LogP contribution in [0.4, 0.5) is 4.39 Å². The fraction of sp³-hybridized carbons (Fsp3) is 0.250. The molecule has 0 radical (unpaired) electrons. The lowest BCUT2D eigenvalue weighted by atomic mass is 9.80. The van der Waals surface area contributed by atoms with Gasteiger partial charge < -0.3 is 14.7 Å². The van der Waals surface area contributed by atoms with Crippen molar-refractivity contribution in [1.82, 2.24) is 9.88 Å². The lowest BCUT2D eigenvalue weighted by Gasteiger charge is -2.36. The van der Waals surface area contributed by atoms with Crippen LogP contribution in [0.1, 0.15) is 29.2 Å². The molecular formula is C28H28BrFN2O2. The number of benzene rings is 3. The number of aliphatic hydroxyl groups is 1. The summed E-state index contributed by atoms with van der Waals surface area (Å²) in [6.07, 6.45) is 0.425. The predicted octanol–water partition coefficient (Wildman–Crippen LogP) is 6.27. The van der Waals surface area contributed by atoms with Crippen molar-refractivity contribution in [3.05, 3.63) is 106 Å². The first-order valence-corrected chi connectivity index (χ1v) is 11.9. The fourth-order valence-electron chi connectivity index (χ4n) is 4.50. The Morgan fingerprint density at radius 2 is 1.74 bits per heavy atom. The van der Waals surface area contributed by atoms with Gasteiger partial charge in [0.2, 0.25) is 5.88 Å². The van der Waals surface area contributed by atoms with Gasteiger partial charge in [-0.3, -0.25) is 0 Å². The van der Waals surface area contributed by atoms with Crippen LogP contribution >= 0.6 is 15.9 Å². The number of halogens is 2. The molecule has 0 fully saturated rings. The van der Waals surface area contributed by atoms with E-state index in [1.165, 1.54) is 6.07 Å². The summed E-state index contributed by atoms with van der Waals surface area (Å²) in [6, 6.07) is 24.0. The first kappa shape index (κ1) is 24.3. The molecule has 0 aliphatic rings. The standard InChI is InChI=1S/C28H28BrFN2O2/c1-32(2)26(19-9-5-4-6-10-19)18-28(33,23-11-7-8-12-24(23)30)17-21-15-20-16-22(29)13-14-25(20)31-27(21)34-3/h4-16,26,33H,17-18H2,1-3H3. The van der Waals surface area contributed by atoms with Crippen LogP contribution in [0.2, 0.25) is 0 Å². The van der Waals surface area contributed by atoms with E-state index in [0.717, 1.165) is 20.9 Å². The Hall–Kier alpha value is -2.80. The van der Waals surface area contributed by atoms with E-state index in [0.29, 0.717) is 11.4 Å². The van der Waals surface area contributed by atoms with Crippen LogP contribution in [-0.2, 0) is 12.0 Å². The summed E-state index contributed by atoms with van der Waals surface area (Å²) < 4.78 is 21.6. The van der Waals surface area contributed by atoms with Gasteiger partial charge in [0, 0.05) is 39.9 Å². The molecule has 1 N–H and O–H groups in total. The minimum absolute atomic E-state index is 0.139. The quantitative estimate of drug-likeness (QED) is 0.296. The molecule has 4 aromatic rings. The van der Waals surface area contributed by atoms with E-state index >= 15 is 4.39 Å². The monoisotopic (exact) mass is 522 g/mol. The van der Waals surface area contributed by atoms with E-state index in [1.807, 2.05) is 73.6 Å². The molecule has 34 heavy (non-hydrogen) atoms. The second-order valence-corrected chi connectivity index (χ2v) is 9.69. The van der Waals surface area contributed by atoms with Crippen LogP contribution in [0, 0.1) is 5.82 Å². The number of hydrogen-bond acceptors (Lipinski definition) is 4. The van der Waals surface area contributed by atoms with Crippen LogP contribution in [0.25, 0.3) is 10.9 Å². The highest BCUT2D eigenvalue weighted by Gasteiger charge is 2.37. The van der Waals surface area contributed by atoms with Crippen molar-refractivity contribution in [3.8, 4) is 5.88 Å². The van der Waals surface area contributed by atoms with E-state index in [-0.39, 0.29) is 24.4 Å². The van der Waals surface area contributed by atoms with Gasteiger partial charge in [0.25, 0.3) is 0 Å². The normalized spacial score (nSPS) is 14.2. The molecule has 4 rings (SSSR count). The Balaban J connectivity index is 1.83. The molecule has 2 unspecified atom stereocenters. The van der Waals surface area contributed by atoms with E-state index in [9.17, 15) is 5.11 Å². The van der Waals surface area contributed by atoms with E-state index < -0.39 is 11.4 Å². The average molecular weight is 523 g/mol. The first-order chi connectivity index (χ1) is 16.3. The van der Waals surface area contributed by atoms with Gasteiger partial charge in [-0.15, -0.1) is 0 Å². The highest BCUT2D eigenvalue weighted by molar-refractivity contribution is 9.10. The zero-order chi connectivity index (χ0) is 24.3. The van der Waals surface area contributed by atoms with E-state index in [4.69, 9.17) is 4.74 Å². The number of ether oxygens (including phenoxy) is 1. The van der Waals surface area contributed by atoms with Crippen molar-refractivity contribution < 1.29 is 14.2 Å². The zero-order valence-corrected chi connectivity index (χ0v) is 21.1. The van der Waals surface area contributed by atoms with Crippen LogP contribution in [-0.4, -0.2) is 36.2 Å². The van der Waals surface area contributed by atoms with Gasteiger partial charge in [0.1, 0.15) is 5.82 Å². The Morgan fingerprint density at radius 1 is 1.03 bits per heavy atom. The van der Waals surface area contributed by atoms with E-state index in [1.54, 1.807) is 25.3 Å². The summed E-state index contributed by atoms with van der Waals surface area (Å²) in [5.41, 5.74) is 1.30. The molecular weight excluding hydrogens is 495 g/mol. The number of hydrogen-bond donors (Lipinski definition) is 1. The summed E-state index contributed by atoms with van der Waals surface area (Å²) >= 11 is 3.51. The number of aromatic nitrogens is 1. The number of fused-ring (bicyclic) bond motifs is 1. The molecule has 2 atom stereocenters. The molecule has 3 aromatic carbocycles. The molecule has 0 aliphatic carbocycles. The van der Waals surface area contributed by atoms with Gasteiger partial charge in [-0.2, -0.15) is 0 Å². The Kier molecular flexibility index (Phi) is 7.31. The summed E-state index contributed by atoms with van der Waals surface area (Å²) in [6.45, 7) is 0. The van der Waals surface area contributed by atoms with Crippen LogP contribution in [0.3, 0.4) is 0 Å². The molecule has 176 valence electrons. The highest BCUT2D eigenvalue weighted by atomic mass is 79.9. The number of rotatable bonds is 8. The third-order valence-electron chi connectivity index (χ3n) is 6.21. The molecule has 4 nitrogen and oxygen atoms in total. The van der Waals surface area contributed by atoms with Crippen molar-refractivity contribution in [1.29, 1.82) is 0 Å². The third kappa shape index (κ3) is 5.14. The number of methoxy groups -OCH3 is 1. The molecule has 1 aromatic heterocycles. The maximum Gasteiger partial charge on any atom is 0.216 e. The van der Waals surface area contributed by atoms with Crippen molar-refractivity contribution in [2.75, 3.05) is 21.2 Å². The topological polar surface area (TPSA) is 45.6 Å². The van der Waals surface area contributed by atoms with Crippen molar-refractivity contribution in [3.63, 3.8) is 0 Å². The molecule has 0 saturated carbocycles. The zero-order valence-electron chi connectivity index (χ0n) is 19.5. The minimum Gasteiger partial charge on any atom is -0.481 e. The SMILES string of the molecule is COc1nc2ccc(Br)cc2cc1CC(O)(CC(c1ccccc1)N(C)C)c1ccccc1F. The molecule has 0 bridgehead atoms. The first-order valence-electron chi connectivity index (χ1n) is 11.1. The second kappa shape index (κ2) is 10.2. The molecule has 1 heterocycles. The van der Waals surface area contributed by atoms with Crippen molar-refractivity contribution in [2.24, 2.45) is 0 Å². The Morgan fingerprint density at radius 3 is 2.41 bits per heavy atom. The van der Waals surface area contributed by atoms with Crippen LogP contribution in [0.5, 0.6) is 5.88 Å². The third-order valence-corrected chi connectivity index (χ3v) is 6.70. The molecule has 0 saturated heterocycles. The summed E-state index contributed by atoms with van der Waals surface area (Å²) in [5.74, 6) is -0.0169. The molecule has 0 spiro atoms. The maximum atomic E-state index is 15.1. The van der Waals surface area contributed by atoms with Crippen LogP contribution < -0.4 is 4.74 Å². The van der Waals surface area contributed by atoms with Crippen molar-refractivity contribution in [2.45, 2.75) is 24.5 Å². The fourth-order valence-corrected chi connectivity index (χ4v) is 4.88. The van der Waals surface area contributed by atoms with Gasteiger partial charge in [0.05, 0.1) is 18.2 Å². The highest BCUT2D eigenvalue weighted by Crippen LogP contribution is 2.40. The molecule has 0 aliphatic heterocycles. The van der Waals surface area contributed by atoms with Gasteiger partial charge in [0.15, 0.2) is 0 Å². The summed E-state index contributed by atoms with van der Waals surface area (Å²) in [5, 5.41) is 13.1. The van der Waals surface area contributed by atoms with E-state index in [2.05, 4.69) is 20.9 Å². The van der Waals surface area contributed by atoms with Gasteiger partial charge in [-0.05, 0) is 50.0 Å². The Bertz CT molecular complexity index is 1280. The molecule has 0 amide bonds. The second-order valence-electron chi connectivity index (χ2n) is 8.78. The maximum absolute atomic E-state index is 15.1. The smallest absolute Gasteiger partial charge is 0.216 e. The molecule has 6 heteroatoms. The Labute approximate surface area is 208 Å². The minimum atomic E-state index is -1.51. The number of nitrogens with zero attached hydrogens (tertiary/aromatic N) is 2. The van der Waals surface area contributed by atoms with Gasteiger partial charge in [-0.1, -0.05) is 64.5 Å². The summed E-state index contributed by atoms with van der Waals surface area (Å²) in [7, 11) is 5.50. The number of pyridine rings is 1. The van der Waals surface area contributed by atoms with Crippen molar-refractivity contribution >= 4 is 26.8 Å².